The Labute approximate surface area is 224 Å². The van der Waals surface area contributed by atoms with Gasteiger partial charge in [-0.05, 0) is 31.0 Å². The number of carbonyl (C=O) groups excluding carboxylic acids is 1. The lowest BCUT2D eigenvalue weighted by molar-refractivity contribution is -0.120. The molecule has 9 heteroatoms. The number of H-pyrrole nitrogens is 2. The number of pyridine rings is 4. The number of anilines is 1. The first-order chi connectivity index (χ1) is 19.2. The summed E-state index contributed by atoms with van der Waals surface area (Å²) in [5, 5.41) is 4.00. The van der Waals surface area contributed by atoms with Gasteiger partial charge in [-0.25, -0.2) is 9.97 Å². The van der Waals surface area contributed by atoms with E-state index < -0.39 is 0 Å². The molecule has 6 aromatic rings. The highest BCUT2D eigenvalue weighted by molar-refractivity contribution is 5.98. The van der Waals surface area contributed by atoms with E-state index in [0.29, 0.717) is 5.69 Å². The standard InChI is InChI=1S/C30H26N8O/c39-30(18-5-2-1-3-6-18)36-22-9-20(12-32-14-22)21-10-23-25(16-35-28(23)34-13-21)29-37-26-17-33-15-24(27(26)38-29)19-7-4-8-31-11-19/h4,7-18H,1-3,5-6H2,(H,34,35)(H,36,39)(H,37,38). The van der Waals surface area contributed by atoms with E-state index in [9.17, 15) is 4.79 Å². The summed E-state index contributed by atoms with van der Waals surface area (Å²) in [6.45, 7) is 0. The number of nitrogens with zero attached hydrogens (tertiary/aromatic N) is 5. The first kappa shape index (κ1) is 23.2. The number of aromatic nitrogens is 7. The molecular formula is C30H26N8O. The minimum atomic E-state index is 0.0835. The van der Waals surface area contributed by atoms with Crippen molar-refractivity contribution in [2.24, 2.45) is 5.92 Å². The van der Waals surface area contributed by atoms with E-state index in [1.165, 1.54) is 6.42 Å². The zero-order chi connectivity index (χ0) is 26.2. The third-order valence-electron chi connectivity index (χ3n) is 7.47. The van der Waals surface area contributed by atoms with Crippen LogP contribution in [0.1, 0.15) is 32.1 Å². The lowest BCUT2D eigenvalue weighted by Gasteiger charge is -2.20. The van der Waals surface area contributed by atoms with Crippen molar-refractivity contribution in [3.8, 4) is 33.6 Å². The Balaban J connectivity index is 1.23. The third-order valence-corrected chi connectivity index (χ3v) is 7.47. The number of hydrogen-bond acceptors (Lipinski definition) is 6. The van der Waals surface area contributed by atoms with E-state index in [1.54, 1.807) is 24.8 Å². The van der Waals surface area contributed by atoms with Crippen LogP contribution in [0.15, 0.2) is 73.8 Å². The fraction of sp³-hybridized carbons (Fsp3) is 0.200. The largest absolute Gasteiger partial charge is 0.345 e. The van der Waals surface area contributed by atoms with Crippen molar-refractivity contribution in [2.75, 3.05) is 5.32 Å². The maximum atomic E-state index is 12.8. The number of rotatable bonds is 5. The Morgan fingerprint density at radius 2 is 1.72 bits per heavy atom. The van der Waals surface area contributed by atoms with Gasteiger partial charge in [0, 0.05) is 76.3 Å². The summed E-state index contributed by atoms with van der Waals surface area (Å²) in [7, 11) is 0. The maximum absolute atomic E-state index is 12.8. The molecule has 6 heterocycles. The predicted molar refractivity (Wildman–Crippen MR) is 151 cm³/mol. The van der Waals surface area contributed by atoms with Gasteiger partial charge < -0.3 is 15.3 Å². The summed E-state index contributed by atoms with van der Waals surface area (Å²) in [5.41, 5.74) is 7.69. The fourth-order valence-electron chi connectivity index (χ4n) is 5.43. The van der Waals surface area contributed by atoms with Gasteiger partial charge in [0.05, 0.1) is 29.1 Å². The monoisotopic (exact) mass is 514 g/mol. The van der Waals surface area contributed by atoms with Gasteiger partial charge >= 0.3 is 0 Å². The maximum Gasteiger partial charge on any atom is 0.227 e. The number of carbonyl (C=O) groups is 1. The van der Waals surface area contributed by atoms with Crippen LogP contribution in [0.2, 0.25) is 0 Å². The van der Waals surface area contributed by atoms with Crippen molar-refractivity contribution in [3.63, 3.8) is 0 Å². The van der Waals surface area contributed by atoms with Crippen molar-refractivity contribution >= 4 is 33.7 Å². The van der Waals surface area contributed by atoms with Gasteiger partial charge in [-0.2, -0.15) is 0 Å². The molecule has 1 aliphatic rings. The van der Waals surface area contributed by atoms with Gasteiger partial charge in [-0.3, -0.25) is 19.7 Å². The third kappa shape index (κ3) is 4.41. The minimum Gasteiger partial charge on any atom is -0.345 e. The lowest BCUT2D eigenvalue weighted by Crippen LogP contribution is -2.24. The summed E-state index contributed by atoms with van der Waals surface area (Å²) in [5.74, 6) is 0.889. The molecule has 0 unspecified atom stereocenters. The number of aromatic amines is 2. The molecule has 192 valence electrons. The van der Waals surface area contributed by atoms with E-state index in [2.05, 4.69) is 41.3 Å². The molecule has 6 aromatic heterocycles. The van der Waals surface area contributed by atoms with Crippen LogP contribution in [-0.4, -0.2) is 40.8 Å². The van der Waals surface area contributed by atoms with Crippen LogP contribution in [0.4, 0.5) is 5.69 Å². The summed E-state index contributed by atoms with van der Waals surface area (Å²) in [6, 6.07) is 7.93. The zero-order valence-electron chi connectivity index (χ0n) is 21.2. The summed E-state index contributed by atoms with van der Waals surface area (Å²) < 4.78 is 0. The number of hydrogen-bond donors (Lipinski definition) is 3. The van der Waals surface area contributed by atoms with E-state index >= 15 is 0 Å². The van der Waals surface area contributed by atoms with E-state index in [1.807, 2.05) is 43.0 Å². The summed E-state index contributed by atoms with van der Waals surface area (Å²) in [6.07, 6.45) is 19.7. The Bertz CT molecular complexity index is 1800. The van der Waals surface area contributed by atoms with Crippen molar-refractivity contribution in [3.05, 3.63) is 73.8 Å². The van der Waals surface area contributed by atoms with Crippen LogP contribution in [0.25, 0.3) is 55.7 Å². The SMILES string of the molecule is O=C(Nc1cncc(-c2cnc3[nH]cc(-c4nc5c(-c6cccnc6)cncc5[nH]4)c3c2)c1)C1CCCCC1. The average molecular weight is 515 g/mol. The molecule has 1 aliphatic carbocycles. The topological polar surface area (TPSA) is 125 Å². The number of nitrogens with one attached hydrogen (secondary N) is 3. The second kappa shape index (κ2) is 9.75. The van der Waals surface area contributed by atoms with Gasteiger partial charge in [-0.1, -0.05) is 25.3 Å². The van der Waals surface area contributed by atoms with Crippen LogP contribution >= 0.6 is 0 Å². The molecule has 0 aliphatic heterocycles. The normalized spacial score (nSPS) is 14.2. The quantitative estimate of drug-likeness (QED) is 0.254. The molecule has 0 bridgehead atoms. The van der Waals surface area contributed by atoms with Crippen LogP contribution in [-0.2, 0) is 4.79 Å². The van der Waals surface area contributed by atoms with Crippen molar-refractivity contribution < 1.29 is 4.79 Å². The van der Waals surface area contributed by atoms with Gasteiger partial charge in [0.15, 0.2) is 0 Å². The molecule has 0 radical (unpaired) electrons. The molecule has 3 N–H and O–H groups in total. The molecule has 0 atom stereocenters. The Kier molecular flexibility index (Phi) is 5.81. The van der Waals surface area contributed by atoms with Gasteiger partial charge in [0.1, 0.15) is 11.5 Å². The molecule has 1 amide bonds. The highest BCUT2D eigenvalue weighted by atomic mass is 16.1. The highest BCUT2D eigenvalue weighted by Gasteiger charge is 2.21. The first-order valence-corrected chi connectivity index (χ1v) is 13.2. The summed E-state index contributed by atoms with van der Waals surface area (Å²) in [4.78, 5) is 42.1. The molecule has 7 rings (SSSR count). The zero-order valence-corrected chi connectivity index (χ0v) is 21.2. The molecule has 1 fully saturated rings. The Morgan fingerprint density at radius 1 is 0.872 bits per heavy atom. The van der Waals surface area contributed by atoms with Gasteiger partial charge in [-0.15, -0.1) is 0 Å². The Hall–Kier alpha value is -4.92. The number of amides is 1. The molecule has 0 spiro atoms. The van der Waals surface area contributed by atoms with Crippen molar-refractivity contribution in [1.29, 1.82) is 0 Å². The van der Waals surface area contributed by atoms with Gasteiger partial charge in [0.2, 0.25) is 5.91 Å². The predicted octanol–water partition coefficient (Wildman–Crippen LogP) is 6.14. The van der Waals surface area contributed by atoms with Gasteiger partial charge in [0.25, 0.3) is 0 Å². The second-order valence-electron chi connectivity index (χ2n) is 10.0. The molecule has 0 saturated heterocycles. The lowest BCUT2D eigenvalue weighted by atomic mass is 9.88. The Morgan fingerprint density at radius 3 is 2.59 bits per heavy atom. The minimum absolute atomic E-state index is 0.0835. The van der Waals surface area contributed by atoms with Crippen molar-refractivity contribution in [2.45, 2.75) is 32.1 Å². The number of fused-ring (bicyclic) bond motifs is 2. The average Bonchev–Trinajstić information content (AvgIpc) is 3.62. The smallest absolute Gasteiger partial charge is 0.227 e. The molecular weight excluding hydrogens is 488 g/mol. The van der Waals surface area contributed by atoms with Crippen LogP contribution in [0.5, 0.6) is 0 Å². The van der Waals surface area contributed by atoms with Crippen LogP contribution in [0.3, 0.4) is 0 Å². The highest BCUT2D eigenvalue weighted by Crippen LogP contribution is 2.33. The molecule has 9 nitrogen and oxygen atoms in total. The van der Waals surface area contributed by atoms with Crippen LogP contribution < -0.4 is 5.32 Å². The second-order valence-corrected chi connectivity index (χ2v) is 10.0. The van der Waals surface area contributed by atoms with E-state index in [4.69, 9.17) is 4.98 Å². The van der Waals surface area contributed by atoms with E-state index in [-0.39, 0.29) is 11.8 Å². The molecule has 0 aromatic carbocycles. The first-order valence-electron chi connectivity index (χ1n) is 13.2. The van der Waals surface area contributed by atoms with Crippen LogP contribution in [0, 0.1) is 5.92 Å². The van der Waals surface area contributed by atoms with Crippen molar-refractivity contribution in [1.82, 2.24) is 34.9 Å². The van der Waals surface area contributed by atoms with E-state index in [0.717, 1.165) is 81.4 Å². The molecule has 39 heavy (non-hydrogen) atoms. The molecule has 1 saturated carbocycles. The fourth-order valence-corrected chi connectivity index (χ4v) is 5.43. The number of imidazole rings is 1. The summed E-state index contributed by atoms with van der Waals surface area (Å²) >= 11 is 0.